The summed E-state index contributed by atoms with van der Waals surface area (Å²) in [5.41, 5.74) is 2.28. The Balaban J connectivity index is 2.21. The van der Waals surface area contributed by atoms with Gasteiger partial charge in [0.15, 0.2) is 0 Å². The van der Waals surface area contributed by atoms with Crippen molar-refractivity contribution in [3.63, 3.8) is 0 Å². The summed E-state index contributed by atoms with van der Waals surface area (Å²) >= 11 is 0. The van der Waals surface area contributed by atoms with Crippen LogP contribution in [-0.2, 0) is 22.5 Å². The number of methoxy groups -OCH3 is 1. The van der Waals surface area contributed by atoms with E-state index in [1.807, 2.05) is 54.6 Å². The highest BCUT2D eigenvalue weighted by Gasteiger charge is 2.26. The fraction of sp³-hybridized carbons (Fsp3) is 0.250. The van der Waals surface area contributed by atoms with Crippen LogP contribution in [0, 0.1) is 0 Å². The predicted octanol–water partition coefficient (Wildman–Crippen LogP) is 3.46. The molecular formula is C20H23NO2. The highest BCUT2D eigenvalue weighted by atomic mass is 16.5. The second-order valence-electron chi connectivity index (χ2n) is 5.43. The number of rotatable bonds is 8. The van der Waals surface area contributed by atoms with E-state index in [9.17, 15) is 4.79 Å². The Morgan fingerprint density at radius 2 is 1.65 bits per heavy atom. The summed E-state index contributed by atoms with van der Waals surface area (Å²) in [7, 11) is 1.44. The van der Waals surface area contributed by atoms with E-state index in [4.69, 9.17) is 4.74 Å². The number of hydrogen-bond acceptors (Lipinski definition) is 3. The second-order valence-corrected chi connectivity index (χ2v) is 5.43. The quantitative estimate of drug-likeness (QED) is 0.552. The minimum absolute atomic E-state index is 0.216. The van der Waals surface area contributed by atoms with Gasteiger partial charge in [0.2, 0.25) is 0 Å². The molecule has 120 valence electrons. The Morgan fingerprint density at radius 1 is 1.09 bits per heavy atom. The smallest absolute Gasteiger partial charge is 0.323 e. The van der Waals surface area contributed by atoms with E-state index in [0.717, 1.165) is 11.1 Å². The number of carbonyl (C=O) groups excluding carboxylic acids is 1. The molecule has 0 saturated heterocycles. The Labute approximate surface area is 138 Å². The van der Waals surface area contributed by atoms with Gasteiger partial charge in [0.25, 0.3) is 0 Å². The topological polar surface area (TPSA) is 29.5 Å². The predicted molar refractivity (Wildman–Crippen MR) is 93.0 cm³/mol. The van der Waals surface area contributed by atoms with E-state index in [-0.39, 0.29) is 12.0 Å². The summed E-state index contributed by atoms with van der Waals surface area (Å²) in [5, 5.41) is 0. The number of benzene rings is 2. The highest BCUT2D eigenvalue weighted by Crippen LogP contribution is 2.14. The fourth-order valence-corrected chi connectivity index (χ4v) is 2.62. The molecule has 0 aliphatic heterocycles. The first-order chi connectivity index (χ1) is 11.2. The van der Waals surface area contributed by atoms with Crippen LogP contribution in [0.15, 0.2) is 73.3 Å². The lowest BCUT2D eigenvalue weighted by atomic mass is 10.0. The maximum absolute atomic E-state index is 12.3. The van der Waals surface area contributed by atoms with E-state index < -0.39 is 0 Å². The summed E-state index contributed by atoms with van der Waals surface area (Å²) in [4.78, 5) is 14.4. The average Bonchev–Trinajstić information content (AvgIpc) is 2.60. The van der Waals surface area contributed by atoms with Gasteiger partial charge in [-0.3, -0.25) is 9.69 Å². The molecule has 1 atom stereocenters. The van der Waals surface area contributed by atoms with Crippen LogP contribution < -0.4 is 0 Å². The molecule has 0 heterocycles. The van der Waals surface area contributed by atoms with Crippen LogP contribution in [0.25, 0.3) is 0 Å². The van der Waals surface area contributed by atoms with Crippen molar-refractivity contribution in [3.8, 4) is 0 Å². The molecule has 0 bridgehead atoms. The number of ether oxygens (including phenoxy) is 1. The van der Waals surface area contributed by atoms with Gasteiger partial charge in [0.05, 0.1) is 7.11 Å². The van der Waals surface area contributed by atoms with Crippen LogP contribution in [0.2, 0.25) is 0 Å². The van der Waals surface area contributed by atoms with E-state index in [1.165, 1.54) is 7.11 Å². The molecule has 0 radical (unpaired) electrons. The molecule has 2 aromatic carbocycles. The average molecular weight is 309 g/mol. The SMILES string of the molecule is C=CCN(Cc1ccccc1)[C@H](Cc1ccccc1)C(=O)OC. The summed E-state index contributed by atoms with van der Waals surface area (Å²) in [5.74, 6) is -0.216. The molecular weight excluding hydrogens is 286 g/mol. The van der Waals surface area contributed by atoms with Gasteiger partial charge in [0.1, 0.15) is 6.04 Å². The van der Waals surface area contributed by atoms with Gasteiger partial charge in [0, 0.05) is 13.1 Å². The number of hydrogen-bond donors (Lipinski definition) is 0. The highest BCUT2D eigenvalue weighted by molar-refractivity contribution is 5.76. The normalized spacial score (nSPS) is 11.9. The van der Waals surface area contributed by atoms with Crippen LogP contribution in [-0.4, -0.2) is 30.6 Å². The van der Waals surface area contributed by atoms with Gasteiger partial charge in [-0.1, -0.05) is 66.7 Å². The molecule has 3 nitrogen and oxygen atoms in total. The van der Waals surface area contributed by atoms with Crippen LogP contribution >= 0.6 is 0 Å². The zero-order valence-corrected chi connectivity index (χ0v) is 13.5. The van der Waals surface area contributed by atoms with Crippen molar-refractivity contribution < 1.29 is 9.53 Å². The van der Waals surface area contributed by atoms with Crippen molar-refractivity contribution in [3.05, 3.63) is 84.4 Å². The van der Waals surface area contributed by atoms with Crippen LogP contribution in [0.1, 0.15) is 11.1 Å². The third kappa shape index (κ3) is 5.08. The van der Waals surface area contributed by atoms with Gasteiger partial charge >= 0.3 is 5.97 Å². The molecule has 0 spiro atoms. The van der Waals surface area contributed by atoms with Crippen molar-refractivity contribution in [2.24, 2.45) is 0 Å². The lowest BCUT2D eigenvalue weighted by Gasteiger charge is -2.29. The maximum Gasteiger partial charge on any atom is 0.323 e. The van der Waals surface area contributed by atoms with Crippen LogP contribution in [0.4, 0.5) is 0 Å². The molecule has 2 rings (SSSR count). The molecule has 0 fully saturated rings. The van der Waals surface area contributed by atoms with E-state index in [2.05, 4.69) is 23.6 Å². The molecule has 0 unspecified atom stereocenters. The summed E-state index contributed by atoms with van der Waals surface area (Å²) < 4.78 is 5.03. The zero-order chi connectivity index (χ0) is 16.5. The Hall–Kier alpha value is -2.39. The van der Waals surface area contributed by atoms with Crippen LogP contribution in [0.3, 0.4) is 0 Å². The first-order valence-corrected chi connectivity index (χ1v) is 7.75. The molecule has 23 heavy (non-hydrogen) atoms. The first-order valence-electron chi connectivity index (χ1n) is 7.75. The number of esters is 1. The van der Waals surface area contributed by atoms with E-state index in [1.54, 1.807) is 0 Å². The summed E-state index contributed by atoms with van der Waals surface area (Å²) in [6, 6.07) is 19.8. The van der Waals surface area contributed by atoms with Gasteiger partial charge in [-0.15, -0.1) is 6.58 Å². The van der Waals surface area contributed by atoms with Gasteiger partial charge in [-0.05, 0) is 17.5 Å². The van der Waals surface area contributed by atoms with Gasteiger partial charge in [-0.25, -0.2) is 0 Å². The largest absolute Gasteiger partial charge is 0.468 e. The lowest BCUT2D eigenvalue weighted by molar-refractivity contribution is -0.147. The summed E-state index contributed by atoms with van der Waals surface area (Å²) in [6.45, 7) is 5.13. The van der Waals surface area contributed by atoms with Gasteiger partial charge in [-0.2, -0.15) is 0 Å². The van der Waals surface area contributed by atoms with E-state index >= 15 is 0 Å². The van der Waals surface area contributed by atoms with Crippen molar-refractivity contribution >= 4 is 5.97 Å². The molecule has 0 aliphatic carbocycles. The molecule has 0 aromatic heterocycles. The molecule has 0 amide bonds. The Kier molecular flexibility index (Phi) is 6.57. The number of carbonyl (C=O) groups is 1. The minimum Gasteiger partial charge on any atom is -0.468 e. The molecule has 0 saturated carbocycles. The van der Waals surface area contributed by atoms with Crippen molar-refractivity contribution in [2.75, 3.05) is 13.7 Å². The molecule has 0 N–H and O–H groups in total. The second kappa shape index (κ2) is 8.91. The molecule has 0 aliphatic rings. The van der Waals surface area contributed by atoms with Crippen molar-refractivity contribution in [1.82, 2.24) is 4.90 Å². The van der Waals surface area contributed by atoms with Crippen LogP contribution in [0.5, 0.6) is 0 Å². The fourth-order valence-electron chi connectivity index (χ4n) is 2.62. The first kappa shape index (κ1) is 17.0. The summed E-state index contributed by atoms with van der Waals surface area (Å²) in [6.07, 6.45) is 2.44. The minimum atomic E-state index is -0.333. The monoisotopic (exact) mass is 309 g/mol. The van der Waals surface area contributed by atoms with Crippen molar-refractivity contribution in [2.45, 2.75) is 19.0 Å². The lowest BCUT2D eigenvalue weighted by Crippen LogP contribution is -2.43. The molecule has 2 aromatic rings. The maximum atomic E-state index is 12.3. The number of nitrogens with zero attached hydrogens (tertiary/aromatic N) is 1. The van der Waals surface area contributed by atoms with Crippen molar-refractivity contribution in [1.29, 1.82) is 0 Å². The van der Waals surface area contributed by atoms with Gasteiger partial charge < -0.3 is 4.74 Å². The molecule has 3 heteroatoms. The third-order valence-corrected chi connectivity index (χ3v) is 3.78. The Bertz CT molecular complexity index is 610. The standard InChI is InChI=1S/C20H23NO2/c1-3-14-21(16-18-12-8-5-9-13-18)19(20(22)23-2)15-17-10-6-4-7-11-17/h3-13,19H,1,14-16H2,2H3/t19-/m1/s1. The Morgan fingerprint density at radius 3 is 2.17 bits per heavy atom. The zero-order valence-electron chi connectivity index (χ0n) is 13.5. The third-order valence-electron chi connectivity index (χ3n) is 3.78. The van der Waals surface area contributed by atoms with E-state index in [0.29, 0.717) is 19.5 Å².